The molecule has 0 saturated carbocycles. The molecular formula is C19H26ClN3O3. The van der Waals surface area contributed by atoms with Crippen LogP contribution in [0.2, 0.25) is 5.02 Å². The lowest BCUT2D eigenvalue weighted by Gasteiger charge is -2.33. The number of piperidine rings is 1. The Morgan fingerprint density at radius 3 is 2.85 bits per heavy atom. The Kier molecular flexibility index (Phi) is 6.16. The van der Waals surface area contributed by atoms with Gasteiger partial charge in [0.2, 0.25) is 0 Å². The van der Waals surface area contributed by atoms with Crippen LogP contribution in [0.25, 0.3) is 11.0 Å². The van der Waals surface area contributed by atoms with Gasteiger partial charge in [0, 0.05) is 42.0 Å². The van der Waals surface area contributed by atoms with Gasteiger partial charge in [0.1, 0.15) is 6.10 Å². The molecule has 1 aliphatic rings. The summed E-state index contributed by atoms with van der Waals surface area (Å²) in [5.41, 5.74) is 1.76. The number of halogens is 1. The van der Waals surface area contributed by atoms with E-state index >= 15 is 0 Å². The molecular weight excluding hydrogens is 354 g/mol. The maximum Gasteiger partial charge on any atom is 0.251 e. The first-order valence-corrected chi connectivity index (χ1v) is 9.61. The molecule has 6 nitrogen and oxygen atoms in total. The van der Waals surface area contributed by atoms with Crippen LogP contribution >= 0.6 is 11.6 Å². The maximum atomic E-state index is 11.9. The van der Waals surface area contributed by atoms with E-state index < -0.39 is 6.10 Å². The second-order valence-corrected chi connectivity index (χ2v) is 7.35. The van der Waals surface area contributed by atoms with E-state index in [4.69, 9.17) is 16.1 Å². The van der Waals surface area contributed by atoms with Crippen LogP contribution in [0.1, 0.15) is 38.3 Å². The van der Waals surface area contributed by atoms with Gasteiger partial charge in [0.15, 0.2) is 5.58 Å². The molecule has 1 saturated heterocycles. The van der Waals surface area contributed by atoms with Crippen molar-refractivity contribution in [2.45, 2.75) is 38.7 Å². The molecule has 2 aromatic rings. The van der Waals surface area contributed by atoms with Crippen LogP contribution in [0.5, 0.6) is 0 Å². The molecule has 2 heterocycles. The van der Waals surface area contributed by atoms with Crippen molar-refractivity contribution in [3.05, 3.63) is 28.9 Å². The van der Waals surface area contributed by atoms with Gasteiger partial charge >= 0.3 is 0 Å². The zero-order chi connectivity index (χ0) is 18.7. The number of carbonyl (C=O) groups excluding carboxylic acids is 1. The first kappa shape index (κ1) is 19.1. The van der Waals surface area contributed by atoms with Crippen molar-refractivity contribution in [1.82, 2.24) is 15.0 Å². The van der Waals surface area contributed by atoms with Crippen molar-refractivity contribution in [3.63, 3.8) is 0 Å². The van der Waals surface area contributed by atoms with Gasteiger partial charge in [0.05, 0.1) is 5.69 Å². The summed E-state index contributed by atoms with van der Waals surface area (Å²) in [6.45, 7) is 7.48. The highest BCUT2D eigenvalue weighted by molar-refractivity contribution is 6.31. The predicted octanol–water partition coefficient (Wildman–Crippen LogP) is 2.89. The molecule has 3 rings (SSSR count). The quantitative estimate of drug-likeness (QED) is 0.835. The highest BCUT2D eigenvalue weighted by Crippen LogP contribution is 2.33. The van der Waals surface area contributed by atoms with Crippen molar-refractivity contribution >= 4 is 28.5 Å². The lowest BCUT2D eigenvalue weighted by atomic mass is 9.91. The van der Waals surface area contributed by atoms with Crippen LogP contribution in [0.3, 0.4) is 0 Å². The SMILES string of the molecule is CCN(CCN1CCC(c2noc3cc(Cl)ccc23)CC1)C(=O)[C@H](C)O. The highest BCUT2D eigenvalue weighted by Gasteiger charge is 2.26. The van der Waals surface area contributed by atoms with E-state index in [-0.39, 0.29) is 5.91 Å². The number of carbonyl (C=O) groups is 1. The molecule has 0 radical (unpaired) electrons. The number of nitrogens with zero attached hydrogens (tertiary/aromatic N) is 3. The molecule has 1 N–H and O–H groups in total. The van der Waals surface area contributed by atoms with E-state index in [0.717, 1.165) is 49.1 Å². The number of likely N-dealkylation sites (N-methyl/N-ethyl adjacent to an activating group) is 1. The minimum absolute atomic E-state index is 0.199. The van der Waals surface area contributed by atoms with Gasteiger partial charge < -0.3 is 19.4 Å². The molecule has 1 aromatic carbocycles. The van der Waals surface area contributed by atoms with Crippen LogP contribution in [-0.2, 0) is 4.79 Å². The Hall–Kier alpha value is -1.63. The van der Waals surface area contributed by atoms with Gasteiger partial charge in [-0.1, -0.05) is 16.8 Å². The van der Waals surface area contributed by atoms with Gasteiger partial charge in [-0.15, -0.1) is 0 Å². The normalized spacial score (nSPS) is 17.5. The molecule has 26 heavy (non-hydrogen) atoms. The van der Waals surface area contributed by atoms with E-state index in [1.165, 1.54) is 6.92 Å². The first-order chi connectivity index (χ1) is 12.5. The third-order valence-electron chi connectivity index (χ3n) is 5.17. The van der Waals surface area contributed by atoms with E-state index in [0.29, 0.717) is 24.0 Å². The summed E-state index contributed by atoms with van der Waals surface area (Å²) >= 11 is 6.01. The van der Waals surface area contributed by atoms with Crippen molar-refractivity contribution in [3.8, 4) is 0 Å². The standard InChI is InChI=1S/C19H26ClN3O3/c1-3-23(19(25)13(2)24)11-10-22-8-6-14(7-9-22)18-16-5-4-15(20)12-17(16)26-21-18/h4-5,12-14,24H,3,6-11H2,1-2H3/t13-/m0/s1. The molecule has 1 amide bonds. The van der Waals surface area contributed by atoms with Crippen molar-refractivity contribution in [2.24, 2.45) is 0 Å². The number of rotatable bonds is 6. The smallest absolute Gasteiger partial charge is 0.251 e. The van der Waals surface area contributed by atoms with Crippen molar-refractivity contribution < 1.29 is 14.4 Å². The van der Waals surface area contributed by atoms with Crippen molar-refractivity contribution in [1.29, 1.82) is 0 Å². The summed E-state index contributed by atoms with van der Waals surface area (Å²) in [7, 11) is 0. The zero-order valence-corrected chi connectivity index (χ0v) is 16.1. The third kappa shape index (κ3) is 4.19. The summed E-state index contributed by atoms with van der Waals surface area (Å²) < 4.78 is 5.44. The molecule has 7 heteroatoms. The molecule has 1 aliphatic heterocycles. The van der Waals surface area contributed by atoms with Crippen LogP contribution in [0, 0.1) is 0 Å². The lowest BCUT2D eigenvalue weighted by Crippen LogP contribution is -2.44. The lowest BCUT2D eigenvalue weighted by molar-refractivity contribution is -0.139. The molecule has 0 unspecified atom stereocenters. The fraction of sp³-hybridized carbons (Fsp3) is 0.579. The van der Waals surface area contributed by atoms with Crippen LogP contribution < -0.4 is 0 Å². The molecule has 1 atom stereocenters. The average molecular weight is 380 g/mol. The molecule has 142 valence electrons. The monoisotopic (exact) mass is 379 g/mol. The van der Waals surface area contributed by atoms with E-state index in [9.17, 15) is 9.90 Å². The highest BCUT2D eigenvalue weighted by atomic mass is 35.5. The number of hydrogen-bond acceptors (Lipinski definition) is 5. The average Bonchev–Trinajstić information content (AvgIpc) is 3.05. The van der Waals surface area contributed by atoms with Gasteiger partial charge in [-0.05, 0) is 51.9 Å². The zero-order valence-electron chi connectivity index (χ0n) is 15.3. The number of hydrogen-bond donors (Lipinski definition) is 1. The number of amides is 1. The summed E-state index contributed by atoms with van der Waals surface area (Å²) in [4.78, 5) is 16.0. The Balaban J connectivity index is 1.55. The minimum Gasteiger partial charge on any atom is -0.384 e. The first-order valence-electron chi connectivity index (χ1n) is 9.23. The molecule has 1 fully saturated rings. The second kappa shape index (κ2) is 8.37. The number of benzene rings is 1. The predicted molar refractivity (Wildman–Crippen MR) is 101 cm³/mol. The largest absolute Gasteiger partial charge is 0.384 e. The Morgan fingerprint density at radius 2 is 2.19 bits per heavy atom. The summed E-state index contributed by atoms with van der Waals surface area (Å²) in [5, 5.41) is 15.5. The fourth-order valence-corrected chi connectivity index (χ4v) is 3.77. The van der Waals surface area contributed by atoms with E-state index in [1.807, 2.05) is 19.1 Å². The second-order valence-electron chi connectivity index (χ2n) is 6.92. The van der Waals surface area contributed by atoms with Gasteiger partial charge in [-0.2, -0.15) is 0 Å². The molecule has 0 bridgehead atoms. The maximum absolute atomic E-state index is 11.9. The van der Waals surface area contributed by atoms with Gasteiger partial charge in [0.25, 0.3) is 5.91 Å². The van der Waals surface area contributed by atoms with Crippen LogP contribution in [-0.4, -0.2) is 64.8 Å². The Morgan fingerprint density at radius 1 is 1.46 bits per heavy atom. The van der Waals surface area contributed by atoms with Crippen LogP contribution in [0.15, 0.2) is 22.7 Å². The van der Waals surface area contributed by atoms with Gasteiger partial charge in [-0.25, -0.2) is 0 Å². The number of aliphatic hydroxyl groups is 1. The third-order valence-corrected chi connectivity index (χ3v) is 5.41. The van der Waals surface area contributed by atoms with E-state index in [1.54, 1.807) is 11.0 Å². The molecule has 0 aliphatic carbocycles. The van der Waals surface area contributed by atoms with Gasteiger partial charge in [-0.3, -0.25) is 4.79 Å². The minimum atomic E-state index is -0.936. The number of likely N-dealkylation sites (tertiary alicyclic amines) is 1. The molecule has 1 aromatic heterocycles. The number of aliphatic hydroxyl groups excluding tert-OH is 1. The van der Waals surface area contributed by atoms with E-state index in [2.05, 4.69) is 10.1 Å². The Bertz CT molecular complexity index is 754. The number of fused-ring (bicyclic) bond motifs is 1. The number of aromatic nitrogens is 1. The summed E-state index contributed by atoms with van der Waals surface area (Å²) in [6, 6.07) is 5.66. The topological polar surface area (TPSA) is 69.8 Å². The summed E-state index contributed by atoms with van der Waals surface area (Å²) in [5.74, 6) is 0.185. The van der Waals surface area contributed by atoms with Crippen LogP contribution in [0.4, 0.5) is 0 Å². The Labute approximate surface area is 158 Å². The van der Waals surface area contributed by atoms with Crippen molar-refractivity contribution in [2.75, 3.05) is 32.7 Å². The summed E-state index contributed by atoms with van der Waals surface area (Å²) in [6.07, 6.45) is 1.09. The fourth-order valence-electron chi connectivity index (χ4n) is 3.61. The molecule has 0 spiro atoms.